The van der Waals surface area contributed by atoms with Crippen LogP contribution in [-0.4, -0.2) is 25.6 Å². The average Bonchev–Trinajstić information content (AvgIpc) is 3.33. The van der Waals surface area contributed by atoms with Gasteiger partial charge in [-0.05, 0) is 44.2 Å². The molecule has 0 radical (unpaired) electrons. The number of halogens is 1. The SMILES string of the molecule is CCn1c(NC(=O)c2cc(-c3ccccc3F)nc3onc(C)c23)nc2ccccc21. The molecule has 0 saturated carbocycles. The van der Waals surface area contributed by atoms with Crippen molar-refractivity contribution in [3.63, 3.8) is 0 Å². The molecular formula is C23H18FN5O2. The fraction of sp³-hybridized carbons (Fsp3) is 0.130. The average molecular weight is 415 g/mol. The molecule has 3 heterocycles. The topological polar surface area (TPSA) is 85.8 Å². The molecule has 5 rings (SSSR count). The van der Waals surface area contributed by atoms with Crippen molar-refractivity contribution in [3.8, 4) is 11.3 Å². The number of nitrogens with zero attached hydrogens (tertiary/aromatic N) is 4. The number of benzene rings is 2. The lowest BCUT2D eigenvalue weighted by atomic mass is 10.0. The Balaban J connectivity index is 1.63. The first kappa shape index (κ1) is 18.9. The molecule has 3 aromatic heterocycles. The Morgan fingerprint density at radius 1 is 1.13 bits per heavy atom. The molecule has 1 N–H and O–H groups in total. The number of rotatable bonds is 4. The van der Waals surface area contributed by atoms with Crippen molar-refractivity contribution in [1.82, 2.24) is 19.7 Å². The molecule has 0 spiro atoms. The molecule has 5 aromatic rings. The van der Waals surface area contributed by atoms with Gasteiger partial charge in [0, 0.05) is 12.1 Å². The number of carbonyl (C=O) groups excluding carboxylic acids is 1. The predicted molar refractivity (Wildman–Crippen MR) is 115 cm³/mol. The molecule has 0 aliphatic carbocycles. The molecule has 0 aliphatic rings. The van der Waals surface area contributed by atoms with Gasteiger partial charge in [-0.1, -0.05) is 29.4 Å². The van der Waals surface area contributed by atoms with E-state index in [0.29, 0.717) is 23.6 Å². The highest BCUT2D eigenvalue weighted by atomic mass is 19.1. The maximum absolute atomic E-state index is 14.4. The number of amides is 1. The van der Waals surface area contributed by atoms with Crippen molar-refractivity contribution in [2.75, 3.05) is 5.32 Å². The van der Waals surface area contributed by atoms with Crippen LogP contribution in [0.15, 0.2) is 59.1 Å². The number of pyridine rings is 1. The van der Waals surface area contributed by atoms with Crippen LogP contribution in [0.25, 0.3) is 33.4 Å². The summed E-state index contributed by atoms with van der Waals surface area (Å²) in [5.41, 5.74) is 3.26. The summed E-state index contributed by atoms with van der Waals surface area (Å²) < 4.78 is 21.6. The van der Waals surface area contributed by atoms with E-state index in [9.17, 15) is 9.18 Å². The van der Waals surface area contributed by atoms with Gasteiger partial charge >= 0.3 is 0 Å². The molecule has 154 valence electrons. The highest BCUT2D eigenvalue weighted by Crippen LogP contribution is 2.29. The molecule has 0 bridgehead atoms. The fourth-order valence-corrected chi connectivity index (χ4v) is 3.74. The molecule has 0 unspecified atom stereocenters. The Hall–Kier alpha value is -4.07. The zero-order chi connectivity index (χ0) is 21.5. The first-order valence-electron chi connectivity index (χ1n) is 9.85. The van der Waals surface area contributed by atoms with Crippen LogP contribution < -0.4 is 5.32 Å². The van der Waals surface area contributed by atoms with Gasteiger partial charge in [-0.2, -0.15) is 0 Å². The van der Waals surface area contributed by atoms with Crippen molar-refractivity contribution < 1.29 is 13.7 Å². The molecule has 0 atom stereocenters. The van der Waals surface area contributed by atoms with Gasteiger partial charge in [-0.25, -0.2) is 14.4 Å². The molecule has 31 heavy (non-hydrogen) atoms. The van der Waals surface area contributed by atoms with Crippen molar-refractivity contribution >= 4 is 34.0 Å². The van der Waals surface area contributed by atoms with E-state index in [0.717, 1.165) is 11.0 Å². The van der Waals surface area contributed by atoms with Gasteiger partial charge in [-0.15, -0.1) is 0 Å². The minimum atomic E-state index is -0.440. The number of hydrogen-bond donors (Lipinski definition) is 1. The maximum atomic E-state index is 14.4. The van der Waals surface area contributed by atoms with Crippen molar-refractivity contribution in [3.05, 3.63) is 71.7 Å². The summed E-state index contributed by atoms with van der Waals surface area (Å²) in [7, 11) is 0. The smallest absolute Gasteiger partial charge is 0.259 e. The van der Waals surface area contributed by atoms with E-state index >= 15 is 0 Å². The summed E-state index contributed by atoms with van der Waals surface area (Å²) in [6.07, 6.45) is 0. The normalized spacial score (nSPS) is 11.3. The first-order chi connectivity index (χ1) is 15.1. The first-order valence-corrected chi connectivity index (χ1v) is 9.85. The lowest BCUT2D eigenvalue weighted by Gasteiger charge is -2.10. The molecule has 0 aliphatic heterocycles. The van der Waals surface area contributed by atoms with E-state index in [2.05, 4.69) is 20.4 Å². The minimum absolute atomic E-state index is 0.174. The lowest BCUT2D eigenvalue weighted by molar-refractivity contribution is 0.102. The third-order valence-corrected chi connectivity index (χ3v) is 5.21. The minimum Gasteiger partial charge on any atom is -0.335 e. The van der Waals surface area contributed by atoms with E-state index in [1.165, 1.54) is 6.07 Å². The highest BCUT2D eigenvalue weighted by molar-refractivity contribution is 6.12. The van der Waals surface area contributed by atoms with Crippen molar-refractivity contribution in [1.29, 1.82) is 0 Å². The Morgan fingerprint density at radius 3 is 2.71 bits per heavy atom. The largest absolute Gasteiger partial charge is 0.335 e. The molecule has 0 saturated heterocycles. The predicted octanol–water partition coefficient (Wildman–Crippen LogP) is 4.96. The van der Waals surface area contributed by atoms with E-state index in [1.807, 2.05) is 35.8 Å². The number of para-hydroxylation sites is 2. The standard InChI is InChI=1S/C23H18FN5O2/c1-3-29-19-11-7-6-10-17(19)26-23(29)27-21(30)15-12-18(14-8-4-5-9-16(14)24)25-22-20(15)13(2)28-31-22/h4-12H,3H2,1-2H3,(H,26,27,30). The summed E-state index contributed by atoms with van der Waals surface area (Å²) in [6, 6.07) is 15.5. The number of imidazole rings is 1. The number of aryl methyl sites for hydroxylation is 2. The van der Waals surface area contributed by atoms with Crippen molar-refractivity contribution in [2.24, 2.45) is 0 Å². The van der Waals surface area contributed by atoms with Crippen LogP contribution in [0, 0.1) is 12.7 Å². The van der Waals surface area contributed by atoms with E-state index < -0.39 is 11.7 Å². The van der Waals surface area contributed by atoms with Gasteiger partial charge in [0.15, 0.2) is 0 Å². The van der Waals surface area contributed by atoms with Gasteiger partial charge in [0.2, 0.25) is 5.95 Å². The maximum Gasteiger partial charge on any atom is 0.259 e. The molecule has 0 fully saturated rings. The fourth-order valence-electron chi connectivity index (χ4n) is 3.74. The van der Waals surface area contributed by atoms with Gasteiger partial charge < -0.3 is 9.09 Å². The summed E-state index contributed by atoms with van der Waals surface area (Å²) in [5, 5.41) is 7.31. The van der Waals surface area contributed by atoms with E-state index in [4.69, 9.17) is 4.52 Å². The van der Waals surface area contributed by atoms with Crippen LogP contribution in [0.3, 0.4) is 0 Å². The zero-order valence-corrected chi connectivity index (χ0v) is 16.9. The summed E-state index contributed by atoms with van der Waals surface area (Å²) >= 11 is 0. The lowest BCUT2D eigenvalue weighted by Crippen LogP contribution is -2.16. The van der Waals surface area contributed by atoms with Gasteiger partial charge in [0.05, 0.1) is 33.4 Å². The van der Waals surface area contributed by atoms with Crippen LogP contribution in [0.2, 0.25) is 0 Å². The Kier molecular flexibility index (Phi) is 4.47. The van der Waals surface area contributed by atoms with Crippen LogP contribution in [0.1, 0.15) is 23.0 Å². The van der Waals surface area contributed by atoms with Crippen molar-refractivity contribution in [2.45, 2.75) is 20.4 Å². The highest BCUT2D eigenvalue weighted by Gasteiger charge is 2.22. The summed E-state index contributed by atoms with van der Waals surface area (Å²) in [4.78, 5) is 22.3. The van der Waals surface area contributed by atoms with Gasteiger partial charge in [0.1, 0.15) is 5.82 Å². The number of hydrogen-bond acceptors (Lipinski definition) is 5. The molecule has 1 amide bonds. The third kappa shape index (κ3) is 3.13. The van der Waals surface area contributed by atoms with Gasteiger partial charge in [0.25, 0.3) is 11.6 Å². The second-order valence-corrected chi connectivity index (χ2v) is 7.11. The zero-order valence-electron chi connectivity index (χ0n) is 16.9. The molecule has 8 heteroatoms. The Morgan fingerprint density at radius 2 is 1.90 bits per heavy atom. The van der Waals surface area contributed by atoms with Gasteiger partial charge in [-0.3, -0.25) is 10.1 Å². The summed E-state index contributed by atoms with van der Waals surface area (Å²) in [5.74, 6) is -0.411. The van der Waals surface area contributed by atoms with Crippen LogP contribution in [-0.2, 0) is 6.54 Å². The van der Waals surface area contributed by atoms with E-state index in [-0.39, 0.29) is 22.5 Å². The Bertz CT molecular complexity index is 1450. The molecule has 2 aromatic carbocycles. The van der Waals surface area contributed by atoms with Crippen LogP contribution in [0.5, 0.6) is 0 Å². The van der Waals surface area contributed by atoms with Crippen LogP contribution in [0.4, 0.5) is 10.3 Å². The number of anilines is 1. The summed E-state index contributed by atoms with van der Waals surface area (Å²) in [6.45, 7) is 4.35. The molecule has 7 nitrogen and oxygen atoms in total. The number of carbonyl (C=O) groups is 1. The monoisotopic (exact) mass is 415 g/mol. The number of nitrogens with one attached hydrogen (secondary N) is 1. The quantitative estimate of drug-likeness (QED) is 0.448. The Labute approximate surface area is 176 Å². The second kappa shape index (κ2) is 7.32. The van der Waals surface area contributed by atoms with E-state index in [1.54, 1.807) is 31.2 Å². The molecular weight excluding hydrogens is 397 g/mol. The third-order valence-electron chi connectivity index (χ3n) is 5.21. The number of aromatic nitrogens is 4. The second-order valence-electron chi connectivity index (χ2n) is 7.11. The number of fused-ring (bicyclic) bond motifs is 2. The van der Waals surface area contributed by atoms with Crippen LogP contribution >= 0.6 is 0 Å².